The van der Waals surface area contributed by atoms with Crippen LogP contribution in [0.1, 0.15) is 154 Å². The fourth-order valence-electron chi connectivity index (χ4n) is 9.54. The molecule has 1 saturated carbocycles. The first-order valence-corrected chi connectivity index (χ1v) is 17.2. The molecule has 2 nitrogen and oxygen atoms in total. The lowest BCUT2D eigenvalue weighted by molar-refractivity contribution is -0.867. The molecule has 9 atom stereocenters. The number of hydrogen-bond donors (Lipinski definition) is 0. The van der Waals surface area contributed by atoms with E-state index in [0.717, 1.165) is 47.6 Å². The van der Waals surface area contributed by atoms with Crippen LogP contribution in [-0.2, 0) is 4.74 Å². The van der Waals surface area contributed by atoms with Gasteiger partial charge in [0, 0.05) is 19.4 Å². The Balaban J connectivity index is 2.09. The van der Waals surface area contributed by atoms with Crippen LogP contribution < -0.4 is 0 Å². The molecule has 2 rings (SSSR count). The van der Waals surface area contributed by atoms with Gasteiger partial charge in [-0.3, -0.25) is 0 Å². The lowest BCUT2D eigenvalue weighted by Crippen LogP contribution is -2.45. The summed E-state index contributed by atoms with van der Waals surface area (Å²) in [5.41, 5.74) is 0.967. The van der Waals surface area contributed by atoms with Gasteiger partial charge in [-0.15, -0.1) is 0 Å². The Labute approximate surface area is 241 Å². The van der Waals surface area contributed by atoms with Gasteiger partial charge in [-0.25, -0.2) is 0 Å². The molecule has 2 heteroatoms. The van der Waals surface area contributed by atoms with Crippen LogP contribution in [0.2, 0.25) is 0 Å². The highest BCUT2D eigenvalue weighted by atomic mass is 16.5. The van der Waals surface area contributed by atoms with E-state index in [4.69, 9.17) is 4.74 Å². The zero-order valence-electron chi connectivity index (χ0n) is 28.5. The molecular formula is C36H72NO+. The van der Waals surface area contributed by atoms with Crippen LogP contribution in [0.25, 0.3) is 0 Å². The van der Waals surface area contributed by atoms with Crippen molar-refractivity contribution in [1.29, 1.82) is 0 Å². The zero-order chi connectivity index (χ0) is 28.9. The maximum atomic E-state index is 6.19. The van der Waals surface area contributed by atoms with E-state index >= 15 is 0 Å². The molecule has 0 bridgehead atoms. The van der Waals surface area contributed by atoms with Crippen molar-refractivity contribution >= 4 is 0 Å². The van der Waals surface area contributed by atoms with Crippen molar-refractivity contribution in [3.63, 3.8) is 0 Å². The maximum absolute atomic E-state index is 6.19. The predicted molar refractivity (Wildman–Crippen MR) is 168 cm³/mol. The molecule has 1 saturated heterocycles. The van der Waals surface area contributed by atoms with Crippen LogP contribution in [0.3, 0.4) is 0 Å². The third-order valence-electron chi connectivity index (χ3n) is 12.7. The average Bonchev–Trinajstić information content (AvgIpc) is 3.72. The van der Waals surface area contributed by atoms with E-state index in [-0.39, 0.29) is 0 Å². The number of rotatable bonds is 20. The summed E-state index contributed by atoms with van der Waals surface area (Å²) in [6.45, 7) is 31.1. The monoisotopic (exact) mass is 535 g/mol. The van der Waals surface area contributed by atoms with Crippen LogP contribution >= 0.6 is 0 Å². The highest BCUT2D eigenvalue weighted by molar-refractivity contribution is 5.07. The van der Waals surface area contributed by atoms with E-state index in [1.54, 1.807) is 0 Å². The SMILES string of the molecule is CCCC(CCC(OC)C1CC1(CC)C(C)C)CC1C(C)(C)[N+]1(CC(C)CCC(CC)C(C)C)C(C)CC. The van der Waals surface area contributed by atoms with Gasteiger partial charge in [0.15, 0.2) is 0 Å². The van der Waals surface area contributed by atoms with Gasteiger partial charge < -0.3 is 9.22 Å². The standard InChI is InChI=1S/C36H72NO/c1-14-18-30(20-22-33(38-13)32-24-36(32,17-4)27(7)8)23-34-35(11,12)37(34,29(10)15-2)25-28(9)19-21-31(16-3)26(5)6/h26-34H,14-25H2,1-13H3/q+1. The quantitative estimate of drug-likeness (QED) is 0.111. The molecule has 0 spiro atoms. The first kappa shape index (κ1) is 34.1. The number of methoxy groups -OCH3 is 1. The number of hydrogen-bond acceptors (Lipinski definition) is 1. The second kappa shape index (κ2) is 14.2. The van der Waals surface area contributed by atoms with Crippen molar-refractivity contribution in [2.75, 3.05) is 13.7 Å². The van der Waals surface area contributed by atoms with Gasteiger partial charge in [-0.2, -0.15) is 0 Å². The molecule has 1 aliphatic carbocycles. The molecule has 0 aromatic carbocycles. The number of nitrogens with zero attached hydrogens (tertiary/aromatic N) is 1. The van der Waals surface area contributed by atoms with Crippen molar-refractivity contribution in [2.45, 2.75) is 177 Å². The van der Waals surface area contributed by atoms with Crippen molar-refractivity contribution in [3.05, 3.63) is 0 Å². The first-order valence-electron chi connectivity index (χ1n) is 17.2. The Hall–Kier alpha value is -0.0800. The summed E-state index contributed by atoms with van der Waals surface area (Å²) in [5, 5.41) is 0. The van der Waals surface area contributed by atoms with Crippen molar-refractivity contribution in [1.82, 2.24) is 0 Å². The fraction of sp³-hybridized carbons (Fsp3) is 1.00. The Bertz CT molecular complexity index is 685. The van der Waals surface area contributed by atoms with Gasteiger partial charge in [-0.05, 0) is 101 Å². The first-order chi connectivity index (χ1) is 17.8. The zero-order valence-corrected chi connectivity index (χ0v) is 28.5. The van der Waals surface area contributed by atoms with Gasteiger partial charge in [0.05, 0.1) is 18.7 Å². The molecule has 0 aromatic heterocycles. The lowest BCUT2D eigenvalue weighted by Gasteiger charge is -2.34. The molecule has 0 aromatic rings. The molecule has 226 valence electrons. The molecule has 0 radical (unpaired) electrons. The molecule has 1 aliphatic heterocycles. The number of ether oxygens (including phenoxy) is 1. The highest BCUT2D eigenvalue weighted by Gasteiger charge is 2.74. The smallest absolute Gasteiger partial charge is 0.146 e. The molecule has 1 heterocycles. The fourth-order valence-corrected chi connectivity index (χ4v) is 9.54. The third-order valence-corrected chi connectivity index (χ3v) is 12.7. The van der Waals surface area contributed by atoms with Crippen molar-refractivity contribution < 1.29 is 9.22 Å². The molecular weight excluding hydrogens is 462 g/mol. The second-order valence-corrected chi connectivity index (χ2v) is 15.4. The van der Waals surface area contributed by atoms with Crippen LogP contribution in [0.5, 0.6) is 0 Å². The minimum Gasteiger partial charge on any atom is -0.381 e. The van der Waals surface area contributed by atoms with Gasteiger partial charge in [0.1, 0.15) is 11.6 Å². The molecule has 2 aliphatic rings. The van der Waals surface area contributed by atoms with Gasteiger partial charge in [0.25, 0.3) is 0 Å². The van der Waals surface area contributed by atoms with E-state index in [2.05, 4.69) is 83.1 Å². The summed E-state index contributed by atoms with van der Waals surface area (Å²) in [4.78, 5) is 0. The topological polar surface area (TPSA) is 9.23 Å². The van der Waals surface area contributed by atoms with E-state index in [0.29, 0.717) is 17.1 Å². The Kier molecular flexibility index (Phi) is 12.8. The summed E-state index contributed by atoms with van der Waals surface area (Å²) in [7, 11) is 1.98. The van der Waals surface area contributed by atoms with E-state index in [9.17, 15) is 0 Å². The van der Waals surface area contributed by atoms with Gasteiger partial charge in [-0.1, -0.05) is 81.6 Å². The Morgan fingerprint density at radius 3 is 1.95 bits per heavy atom. The molecule has 0 N–H and O–H groups in total. The van der Waals surface area contributed by atoms with E-state index in [1.807, 2.05) is 7.11 Å². The minimum atomic E-state index is 0.421. The minimum absolute atomic E-state index is 0.421. The lowest BCUT2D eigenvalue weighted by atomic mass is 9.83. The highest BCUT2D eigenvalue weighted by Crippen LogP contribution is 2.63. The molecule has 2 fully saturated rings. The number of quaternary nitrogens is 1. The second-order valence-electron chi connectivity index (χ2n) is 15.4. The molecule has 38 heavy (non-hydrogen) atoms. The van der Waals surface area contributed by atoms with Crippen molar-refractivity contribution in [2.24, 2.45) is 40.9 Å². The van der Waals surface area contributed by atoms with Crippen LogP contribution in [-0.4, -0.2) is 41.9 Å². The van der Waals surface area contributed by atoms with Crippen molar-refractivity contribution in [3.8, 4) is 0 Å². The summed E-state index contributed by atoms with van der Waals surface area (Å²) in [6, 6.07) is 1.59. The Morgan fingerprint density at radius 2 is 1.50 bits per heavy atom. The van der Waals surface area contributed by atoms with E-state index < -0.39 is 0 Å². The van der Waals surface area contributed by atoms with Gasteiger partial charge >= 0.3 is 0 Å². The normalized spacial score (nSPS) is 32.3. The van der Waals surface area contributed by atoms with Gasteiger partial charge in [0.2, 0.25) is 0 Å². The van der Waals surface area contributed by atoms with Crippen LogP contribution in [0.15, 0.2) is 0 Å². The Morgan fingerprint density at radius 1 is 0.842 bits per heavy atom. The largest absolute Gasteiger partial charge is 0.381 e. The van der Waals surface area contributed by atoms with Crippen LogP contribution in [0.4, 0.5) is 0 Å². The molecule has 0 amide bonds. The average molecular weight is 535 g/mol. The summed E-state index contributed by atoms with van der Waals surface area (Å²) in [5.74, 6) is 4.93. The predicted octanol–water partition coefficient (Wildman–Crippen LogP) is 10.5. The summed E-state index contributed by atoms with van der Waals surface area (Å²) < 4.78 is 7.57. The molecule has 9 unspecified atom stereocenters. The maximum Gasteiger partial charge on any atom is 0.146 e. The summed E-state index contributed by atoms with van der Waals surface area (Å²) in [6.07, 6.45) is 15.4. The third kappa shape index (κ3) is 7.03. The van der Waals surface area contributed by atoms with Crippen LogP contribution in [0, 0.1) is 40.9 Å². The van der Waals surface area contributed by atoms with E-state index in [1.165, 1.54) is 81.7 Å². The summed E-state index contributed by atoms with van der Waals surface area (Å²) >= 11 is 0.